The second kappa shape index (κ2) is 7.64. The minimum Gasteiger partial charge on any atom is -0.373 e. The number of anilines is 2. The quantitative estimate of drug-likeness (QED) is 0.517. The molecule has 1 atom stereocenters. The van der Waals surface area contributed by atoms with Crippen LogP contribution in [0.1, 0.15) is 16.8 Å². The maximum Gasteiger partial charge on any atom is 0.258 e. The second-order valence-electron chi connectivity index (χ2n) is 8.38. The van der Waals surface area contributed by atoms with E-state index >= 15 is 0 Å². The van der Waals surface area contributed by atoms with E-state index in [1.807, 2.05) is 68.4 Å². The molecule has 32 heavy (non-hydrogen) atoms. The molecular formula is C26H24N4O2. The van der Waals surface area contributed by atoms with Crippen molar-refractivity contribution in [2.75, 3.05) is 10.6 Å². The third kappa shape index (κ3) is 3.43. The Morgan fingerprint density at radius 2 is 1.91 bits per heavy atom. The van der Waals surface area contributed by atoms with Gasteiger partial charge in [-0.1, -0.05) is 24.3 Å². The number of nitrogens with one attached hydrogen (secondary N) is 2. The molecule has 0 bridgehead atoms. The maximum absolute atomic E-state index is 13.2. The molecule has 0 radical (unpaired) electrons. The summed E-state index contributed by atoms with van der Waals surface area (Å²) in [4.78, 5) is 30.4. The Bertz CT molecular complexity index is 1410. The number of benzene rings is 2. The minimum atomic E-state index is -0.319. The molecule has 6 heteroatoms. The molecule has 6 nitrogen and oxygen atoms in total. The van der Waals surface area contributed by atoms with E-state index in [9.17, 15) is 9.59 Å². The molecule has 1 amide bonds. The van der Waals surface area contributed by atoms with Gasteiger partial charge in [-0.3, -0.25) is 14.6 Å². The number of hydrogen-bond acceptors (Lipinski definition) is 4. The fourth-order valence-corrected chi connectivity index (χ4v) is 4.33. The molecule has 4 aromatic rings. The third-order valence-electron chi connectivity index (χ3n) is 6.13. The van der Waals surface area contributed by atoms with Gasteiger partial charge in [-0.2, -0.15) is 0 Å². The van der Waals surface area contributed by atoms with E-state index < -0.39 is 0 Å². The molecule has 3 heterocycles. The van der Waals surface area contributed by atoms with E-state index in [1.54, 1.807) is 17.8 Å². The fraction of sp³-hybridized carbons (Fsp3) is 0.192. The molecule has 1 aliphatic rings. The number of rotatable bonds is 3. The van der Waals surface area contributed by atoms with Gasteiger partial charge in [0.1, 0.15) is 6.04 Å². The van der Waals surface area contributed by atoms with Crippen molar-refractivity contribution in [1.82, 2.24) is 9.55 Å². The van der Waals surface area contributed by atoms with Crippen molar-refractivity contribution in [1.29, 1.82) is 0 Å². The van der Waals surface area contributed by atoms with Crippen LogP contribution in [0, 0.1) is 13.8 Å². The number of amides is 1. The van der Waals surface area contributed by atoms with Gasteiger partial charge in [0, 0.05) is 47.7 Å². The Morgan fingerprint density at radius 3 is 2.72 bits per heavy atom. The van der Waals surface area contributed by atoms with E-state index in [0.29, 0.717) is 17.7 Å². The van der Waals surface area contributed by atoms with Crippen LogP contribution in [0.15, 0.2) is 65.6 Å². The maximum atomic E-state index is 13.2. The molecule has 2 aromatic heterocycles. The Balaban J connectivity index is 1.47. The molecule has 2 N–H and O–H groups in total. The topological polar surface area (TPSA) is 76.0 Å². The number of carbonyl (C=O) groups excluding carboxylic acids is 1. The monoisotopic (exact) mass is 424 g/mol. The first-order chi connectivity index (χ1) is 15.4. The van der Waals surface area contributed by atoms with Crippen LogP contribution in [-0.4, -0.2) is 21.5 Å². The molecule has 0 aliphatic carbocycles. The summed E-state index contributed by atoms with van der Waals surface area (Å²) >= 11 is 0. The van der Waals surface area contributed by atoms with Gasteiger partial charge in [0.2, 0.25) is 5.91 Å². The summed E-state index contributed by atoms with van der Waals surface area (Å²) < 4.78 is 1.66. The van der Waals surface area contributed by atoms with Gasteiger partial charge < -0.3 is 15.2 Å². The van der Waals surface area contributed by atoms with Crippen LogP contribution in [0.2, 0.25) is 0 Å². The average Bonchev–Trinajstić information content (AvgIpc) is 3.23. The van der Waals surface area contributed by atoms with Crippen molar-refractivity contribution < 1.29 is 4.79 Å². The van der Waals surface area contributed by atoms with Crippen LogP contribution in [0.3, 0.4) is 0 Å². The normalized spacial score (nSPS) is 14.8. The van der Waals surface area contributed by atoms with Crippen LogP contribution in [0.4, 0.5) is 11.4 Å². The number of fused-ring (bicyclic) bond motifs is 2. The zero-order valence-electron chi connectivity index (χ0n) is 18.3. The first-order valence-corrected chi connectivity index (χ1v) is 10.6. The molecule has 2 aromatic carbocycles. The lowest BCUT2D eigenvalue weighted by molar-refractivity contribution is -0.116. The molecule has 0 spiro atoms. The van der Waals surface area contributed by atoms with Crippen molar-refractivity contribution in [3.05, 3.63) is 88.0 Å². The molecule has 0 saturated heterocycles. The van der Waals surface area contributed by atoms with E-state index in [-0.39, 0.29) is 17.5 Å². The molecule has 1 aliphatic heterocycles. The van der Waals surface area contributed by atoms with Crippen LogP contribution in [0.5, 0.6) is 0 Å². The minimum absolute atomic E-state index is 0.0809. The Hall–Kier alpha value is -3.93. The average molecular weight is 425 g/mol. The van der Waals surface area contributed by atoms with E-state index in [1.165, 1.54) is 0 Å². The van der Waals surface area contributed by atoms with Gasteiger partial charge >= 0.3 is 0 Å². The lowest BCUT2D eigenvalue weighted by atomic mass is 9.99. The van der Waals surface area contributed by atoms with Gasteiger partial charge in [0.15, 0.2) is 0 Å². The highest BCUT2D eigenvalue weighted by Crippen LogP contribution is 2.29. The summed E-state index contributed by atoms with van der Waals surface area (Å²) in [6.07, 6.45) is 2.44. The van der Waals surface area contributed by atoms with E-state index in [0.717, 1.165) is 39.0 Å². The summed E-state index contributed by atoms with van der Waals surface area (Å²) in [6.45, 7) is 3.87. The van der Waals surface area contributed by atoms with Crippen molar-refractivity contribution in [2.45, 2.75) is 26.3 Å². The molecule has 5 rings (SSSR count). The fourth-order valence-electron chi connectivity index (χ4n) is 4.33. The zero-order valence-corrected chi connectivity index (χ0v) is 18.3. The lowest BCUT2D eigenvalue weighted by Crippen LogP contribution is -2.32. The largest absolute Gasteiger partial charge is 0.373 e. The zero-order chi connectivity index (χ0) is 22.4. The third-order valence-corrected chi connectivity index (χ3v) is 6.13. The van der Waals surface area contributed by atoms with Crippen LogP contribution in [0.25, 0.3) is 22.0 Å². The number of aromatic nitrogens is 2. The van der Waals surface area contributed by atoms with Gasteiger partial charge in [-0.25, -0.2) is 0 Å². The first kappa shape index (κ1) is 20.0. The van der Waals surface area contributed by atoms with Gasteiger partial charge in [0.25, 0.3) is 5.56 Å². The summed E-state index contributed by atoms with van der Waals surface area (Å²) in [5.74, 6) is -0.0953. The summed E-state index contributed by atoms with van der Waals surface area (Å²) in [6, 6.07) is 17.1. The Morgan fingerprint density at radius 1 is 1.09 bits per heavy atom. The number of aryl methyl sites for hydroxylation is 3. The standard InChI is InChI=1S/C26H24N4O2/c1-15-8-9-19(28-25(31)23-12-17-6-4-5-7-22(17)29-23)13-20(15)21-11-18-14-27-16(2)10-24(18)30(3)26(21)32/h4-11,13-14,23,29H,12H2,1-3H3,(H,28,31). The highest BCUT2D eigenvalue weighted by Gasteiger charge is 2.26. The summed E-state index contributed by atoms with van der Waals surface area (Å²) in [5, 5.41) is 7.19. The van der Waals surface area contributed by atoms with Crippen molar-refractivity contribution in [3.63, 3.8) is 0 Å². The molecule has 0 saturated carbocycles. The highest BCUT2D eigenvalue weighted by molar-refractivity contribution is 5.98. The van der Waals surface area contributed by atoms with Crippen molar-refractivity contribution in [2.24, 2.45) is 7.05 Å². The summed E-state index contributed by atoms with van der Waals surface area (Å²) in [5.41, 5.74) is 6.79. The number of pyridine rings is 2. The van der Waals surface area contributed by atoms with E-state index in [2.05, 4.69) is 15.6 Å². The predicted octanol–water partition coefficient (Wildman–Crippen LogP) is 4.19. The van der Waals surface area contributed by atoms with Gasteiger partial charge in [-0.05, 0) is 60.9 Å². The smallest absolute Gasteiger partial charge is 0.258 e. The molecule has 0 fully saturated rings. The lowest BCUT2D eigenvalue weighted by Gasteiger charge is -2.15. The number of nitrogens with zero attached hydrogens (tertiary/aromatic N) is 2. The van der Waals surface area contributed by atoms with Crippen molar-refractivity contribution in [3.8, 4) is 11.1 Å². The van der Waals surface area contributed by atoms with Crippen LogP contribution >= 0.6 is 0 Å². The van der Waals surface area contributed by atoms with Crippen LogP contribution < -0.4 is 16.2 Å². The number of hydrogen-bond donors (Lipinski definition) is 2. The molecule has 160 valence electrons. The summed E-state index contributed by atoms with van der Waals surface area (Å²) in [7, 11) is 1.78. The van der Waals surface area contributed by atoms with Gasteiger partial charge in [0.05, 0.1) is 5.52 Å². The first-order valence-electron chi connectivity index (χ1n) is 10.6. The van der Waals surface area contributed by atoms with E-state index in [4.69, 9.17) is 0 Å². The number of para-hydroxylation sites is 1. The Kier molecular flexibility index (Phi) is 4.78. The predicted molar refractivity (Wildman–Crippen MR) is 128 cm³/mol. The second-order valence-corrected chi connectivity index (χ2v) is 8.38. The SMILES string of the molecule is Cc1cc2c(cn1)cc(-c1cc(NC(=O)C3Cc4ccccc4N3)ccc1C)c(=O)n2C. The van der Waals surface area contributed by atoms with Crippen LogP contribution in [-0.2, 0) is 18.3 Å². The van der Waals surface area contributed by atoms with Crippen molar-refractivity contribution >= 4 is 28.2 Å². The molecular weight excluding hydrogens is 400 g/mol. The Labute approximate surface area is 185 Å². The highest BCUT2D eigenvalue weighted by atomic mass is 16.2. The number of carbonyl (C=O) groups is 1. The van der Waals surface area contributed by atoms with Gasteiger partial charge in [-0.15, -0.1) is 0 Å². The molecule has 1 unspecified atom stereocenters.